The van der Waals surface area contributed by atoms with Gasteiger partial charge in [0.25, 0.3) is 16.1 Å². The van der Waals surface area contributed by atoms with E-state index in [9.17, 15) is 13.2 Å². The van der Waals surface area contributed by atoms with Gasteiger partial charge in [0.1, 0.15) is 0 Å². The molecule has 138 valence electrons. The third-order valence-corrected chi connectivity index (χ3v) is 6.36. The number of nitrogens with one attached hydrogen (secondary N) is 1. The zero-order chi connectivity index (χ0) is 18.0. The molecule has 1 saturated heterocycles. The number of ether oxygens (including phenoxy) is 2. The number of hydrogen-bond acceptors (Lipinski definition) is 5. The van der Waals surface area contributed by atoms with Crippen molar-refractivity contribution in [1.29, 1.82) is 0 Å². The van der Waals surface area contributed by atoms with Crippen LogP contribution in [0.25, 0.3) is 0 Å². The van der Waals surface area contributed by atoms with Gasteiger partial charge in [-0.3, -0.25) is 4.79 Å². The highest BCUT2D eigenvalue weighted by atomic mass is 32.2. The van der Waals surface area contributed by atoms with Crippen molar-refractivity contribution in [3.63, 3.8) is 0 Å². The molecule has 0 aromatic heterocycles. The van der Waals surface area contributed by atoms with E-state index in [0.717, 1.165) is 12.8 Å². The maximum atomic E-state index is 12.3. The fraction of sp³-hybridized carbons (Fsp3) is 0.562. The number of fused-ring (bicyclic) bond motifs is 1. The lowest BCUT2D eigenvalue weighted by atomic mass is 9.99. The number of nitrogens with zero attached hydrogens (tertiary/aromatic N) is 2. The highest BCUT2D eigenvalue weighted by Gasteiger charge is 2.30. The molecule has 0 saturated carbocycles. The zero-order valence-electron chi connectivity index (χ0n) is 14.4. The molecule has 1 amide bonds. The molecule has 1 N–H and O–H groups in total. The van der Waals surface area contributed by atoms with E-state index in [1.165, 1.54) is 22.7 Å². The molecule has 2 heterocycles. The second-order valence-electron chi connectivity index (χ2n) is 6.43. The predicted molar refractivity (Wildman–Crippen MR) is 91.8 cm³/mol. The summed E-state index contributed by atoms with van der Waals surface area (Å²) in [5, 5.41) is 2.89. The van der Waals surface area contributed by atoms with Crippen molar-refractivity contribution < 1.29 is 22.7 Å². The molecule has 8 nitrogen and oxygen atoms in total. The van der Waals surface area contributed by atoms with E-state index in [2.05, 4.69) is 5.32 Å². The number of rotatable bonds is 5. The molecule has 1 aromatic carbocycles. The van der Waals surface area contributed by atoms with Crippen LogP contribution in [0.3, 0.4) is 0 Å². The number of piperidine rings is 1. The van der Waals surface area contributed by atoms with Crippen LogP contribution >= 0.6 is 0 Å². The number of carbonyl (C=O) groups excluding carboxylic acids is 1. The molecule has 1 aromatic rings. The zero-order valence-corrected chi connectivity index (χ0v) is 15.2. The van der Waals surface area contributed by atoms with Crippen LogP contribution in [0.4, 0.5) is 0 Å². The summed E-state index contributed by atoms with van der Waals surface area (Å²) in [5.41, 5.74) is 0.498. The molecule has 0 aliphatic carbocycles. The summed E-state index contributed by atoms with van der Waals surface area (Å²) >= 11 is 0. The first kappa shape index (κ1) is 18.0. The Bertz CT molecular complexity index is 750. The monoisotopic (exact) mass is 369 g/mol. The third kappa shape index (κ3) is 3.88. The first-order valence-electron chi connectivity index (χ1n) is 8.23. The smallest absolute Gasteiger partial charge is 0.281 e. The molecule has 9 heteroatoms. The molecule has 0 spiro atoms. The Morgan fingerprint density at radius 3 is 2.84 bits per heavy atom. The van der Waals surface area contributed by atoms with E-state index in [0.29, 0.717) is 36.7 Å². The van der Waals surface area contributed by atoms with E-state index < -0.39 is 10.2 Å². The number of benzene rings is 1. The van der Waals surface area contributed by atoms with Crippen molar-refractivity contribution in [2.75, 3.05) is 40.5 Å². The molecule has 1 atom stereocenters. The van der Waals surface area contributed by atoms with Gasteiger partial charge in [-0.2, -0.15) is 17.0 Å². The van der Waals surface area contributed by atoms with Crippen molar-refractivity contribution in [1.82, 2.24) is 13.9 Å². The van der Waals surface area contributed by atoms with Crippen LogP contribution in [-0.2, 0) is 10.2 Å². The van der Waals surface area contributed by atoms with Crippen molar-refractivity contribution >= 4 is 16.1 Å². The van der Waals surface area contributed by atoms with Crippen molar-refractivity contribution in [3.05, 3.63) is 23.8 Å². The largest absolute Gasteiger partial charge is 0.454 e. The van der Waals surface area contributed by atoms with Gasteiger partial charge in [-0.15, -0.1) is 0 Å². The lowest BCUT2D eigenvalue weighted by Crippen LogP contribution is -2.47. The Morgan fingerprint density at radius 1 is 1.32 bits per heavy atom. The molecular formula is C16H23N3O5S. The summed E-state index contributed by atoms with van der Waals surface area (Å²) in [4.78, 5) is 12.3. The Morgan fingerprint density at radius 2 is 2.08 bits per heavy atom. The quantitative estimate of drug-likeness (QED) is 0.824. The van der Waals surface area contributed by atoms with Crippen LogP contribution in [0.1, 0.15) is 23.2 Å². The van der Waals surface area contributed by atoms with Gasteiger partial charge in [0.05, 0.1) is 0 Å². The summed E-state index contributed by atoms with van der Waals surface area (Å²) in [6.07, 6.45) is 1.68. The van der Waals surface area contributed by atoms with E-state index in [1.54, 1.807) is 18.2 Å². The van der Waals surface area contributed by atoms with Crippen LogP contribution in [0.5, 0.6) is 11.5 Å². The Labute approximate surface area is 147 Å². The minimum absolute atomic E-state index is 0.0986. The van der Waals surface area contributed by atoms with Gasteiger partial charge in [0, 0.05) is 39.3 Å². The summed E-state index contributed by atoms with van der Waals surface area (Å²) in [6.45, 7) is 1.54. The normalized spacial score (nSPS) is 20.7. The highest BCUT2D eigenvalue weighted by Crippen LogP contribution is 2.32. The summed E-state index contributed by atoms with van der Waals surface area (Å²) in [5.74, 6) is 1.09. The van der Waals surface area contributed by atoms with Gasteiger partial charge < -0.3 is 14.8 Å². The summed E-state index contributed by atoms with van der Waals surface area (Å²) < 4.78 is 37.7. The number of carbonyl (C=O) groups is 1. The molecule has 1 fully saturated rings. The van der Waals surface area contributed by atoms with Crippen molar-refractivity contribution in [2.45, 2.75) is 12.8 Å². The topological polar surface area (TPSA) is 88.2 Å². The van der Waals surface area contributed by atoms with E-state index in [4.69, 9.17) is 9.47 Å². The second-order valence-corrected chi connectivity index (χ2v) is 8.58. The first-order valence-corrected chi connectivity index (χ1v) is 9.63. The Kier molecular flexibility index (Phi) is 5.16. The Hall–Kier alpha value is -1.84. The second kappa shape index (κ2) is 7.19. The minimum atomic E-state index is -3.41. The number of amides is 1. The van der Waals surface area contributed by atoms with Crippen LogP contribution in [-0.4, -0.2) is 63.5 Å². The molecule has 0 bridgehead atoms. The van der Waals surface area contributed by atoms with Gasteiger partial charge in [-0.25, -0.2) is 0 Å². The molecule has 3 rings (SSSR count). The fourth-order valence-electron chi connectivity index (χ4n) is 3.01. The maximum Gasteiger partial charge on any atom is 0.281 e. The summed E-state index contributed by atoms with van der Waals surface area (Å²) in [7, 11) is -0.351. The van der Waals surface area contributed by atoms with Crippen molar-refractivity contribution in [3.8, 4) is 11.5 Å². The van der Waals surface area contributed by atoms with Crippen LogP contribution in [0.2, 0.25) is 0 Å². The molecule has 2 aliphatic heterocycles. The maximum absolute atomic E-state index is 12.3. The minimum Gasteiger partial charge on any atom is -0.454 e. The lowest BCUT2D eigenvalue weighted by molar-refractivity contribution is 0.0941. The lowest BCUT2D eigenvalue weighted by Gasteiger charge is -2.33. The van der Waals surface area contributed by atoms with Crippen LogP contribution in [0, 0.1) is 5.92 Å². The third-order valence-electron chi connectivity index (χ3n) is 4.46. The van der Waals surface area contributed by atoms with Gasteiger partial charge in [0.2, 0.25) is 6.79 Å². The average molecular weight is 369 g/mol. The first-order chi connectivity index (χ1) is 11.9. The van der Waals surface area contributed by atoms with Crippen LogP contribution < -0.4 is 14.8 Å². The van der Waals surface area contributed by atoms with E-state index in [-0.39, 0.29) is 18.6 Å². The fourth-order valence-corrected chi connectivity index (χ4v) is 4.23. The van der Waals surface area contributed by atoms with Gasteiger partial charge in [0.15, 0.2) is 11.5 Å². The average Bonchev–Trinajstić information content (AvgIpc) is 3.07. The van der Waals surface area contributed by atoms with Gasteiger partial charge in [-0.1, -0.05) is 0 Å². The van der Waals surface area contributed by atoms with E-state index in [1.807, 2.05) is 0 Å². The number of hydrogen-bond donors (Lipinski definition) is 1. The summed E-state index contributed by atoms with van der Waals surface area (Å²) in [6, 6.07) is 5.05. The predicted octanol–water partition coefficient (Wildman–Crippen LogP) is 0.663. The molecular weight excluding hydrogens is 346 g/mol. The SMILES string of the molecule is CN(C)S(=O)(=O)N1CCC[C@@H](CNC(=O)c2ccc3c(c2)OCO3)C1. The molecule has 2 aliphatic rings. The molecule has 0 radical (unpaired) electrons. The van der Waals surface area contributed by atoms with Crippen molar-refractivity contribution in [2.24, 2.45) is 5.92 Å². The van der Waals surface area contributed by atoms with Crippen LogP contribution in [0.15, 0.2) is 18.2 Å². The van der Waals surface area contributed by atoms with E-state index >= 15 is 0 Å². The van der Waals surface area contributed by atoms with Gasteiger partial charge in [-0.05, 0) is 37.0 Å². The van der Waals surface area contributed by atoms with Gasteiger partial charge >= 0.3 is 0 Å². The Balaban J connectivity index is 1.57. The molecule has 25 heavy (non-hydrogen) atoms. The highest BCUT2D eigenvalue weighted by molar-refractivity contribution is 7.86. The standard InChI is InChI=1S/C16H23N3O5S/c1-18(2)25(21,22)19-7-3-4-12(10-19)9-17-16(20)13-5-6-14-15(8-13)24-11-23-14/h5-6,8,12H,3-4,7,9-11H2,1-2H3,(H,17,20)/t12-/m0/s1. The molecule has 0 unspecified atom stereocenters.